The molecule has 1 aliphatic rings. The third kappa shape index (κ3) is 5.62. The Morgan fingerprint density at radius 3 is 2.77 bits per heavy atom. The maximum absolute atomic E-state index is 12.5. The van der Waals surface area contributed by atoms with Gasteiger partial charge in [-0.3, -0.25) is 9.59 Å². The maximum Gasteiger partial charge on any atom is 0.251 e. The van der Waals surface area contributed by atoms with Crippen molar-refractivity contribution in [3.05, 3.63) is 41.2 Å². The SMILES string of the molecule is Cc1cccc(C(=O)N[C@H](C)c2nnc(SCC(=O)N[C@@H]3CCCC[C@@H]3C)n2C)c1. The predicted octanol–water partition coefficient (Wildman–Crippen LogP) is 3.40. The third-order valence-electron chi connectivity index (χ3n) is 5.67. The lowest BCUT2D eigenvalue weighted by Crippen LogP contribution is -2.41. The summed E-state index contributed by atoms with van der Waals surface area (Å²) in [4.78, 5) is 24.9. The molecular formula is C22H31N5O2S. The van der Waals surface area contributed by atoms with E-state index in [0.717, 1.165) is 12.0 Å². The Hall–Kier alpha value is -2.35. The molecule has 2 N–H and O–H groups in total. The molecule has 1 aromatic carbocycles. The highest BCUT2D eigenvalue weighted by Gasteiger charge is 2.23. The number of nitrogens with zero attached hydrogens (tertiary/aromatic N) is 3. The molecule has 7 nitrogen and oxygen atoms in total. The first-order valence-corrected chi connectivity index (χ1v) is 11.5. The van der Waals surface area contributed by atoms with Crippen molar-refractivity contribution in [2.24, 2.45) is 13.0 Å². The van der Waals surface area contributed by atoms with Crippen molar-refractivity contribution >= 4 is 23.6 Å². The largest absolute Gasteiger partial charge is 0.352 e. The van der Waals surface area contributed by atoms with Gasteiger partial charge in [0, 0.05) is 18.7 Å². The van der Waals surface area contributed by atoms with E-state index < -0.39 is 0 Å². The lowest BCUT2D eigenvalue weighted by atomic mass is 9.86. The molecular weight excluding hydrogens is 398 g/mol. The topological polar surface area (TPSA) is 88.9 Å². The first kappa shape index (κ1) is 22.3. The van der Waals surface area contributed by atoms with Gasteiger partial charge in [0.1, 0.15) is 0 Å². The van der Waals surface area contributed by atoms with Crippen LogP contribution in [0.1, 0.15) is 67.3 Å². The summed E-state index contributed by atoms with van der Waals surface area (Å²) in [5.74, 6) is 1.37. The second-order valence-corrected chi connectivity index (χ2v) is 9.13. The van der Waals surface area contributed by atoms with Crippen LogP contribution in [0.3, 0.4) is 0 Å². The standard InChI is InChI=1S/C22H31N5O2S/c1-14-8-7-10-17(12-14)21(29)23-16(3)20-25-26-22(27(20)4)30-13-19(28)24-18-11-6-5-9-15(18)2/h7-8,10,12,15-16,18H,5-6,9,11,13H2,1-4H3,(H,23,29)(H,24,28)/t15-,16+,18+/m0/s1. The molecule has 3 atom stereocenters. The summed E-state index contributed by atoms with van der Waals surface area (Å²) in [6.45, 7) is 6.04. The van der Waals surface area contributed by atoms with Crippen molar-refractivity contribution in [1.29, 1.82) is 0 Å². The van der Waals surface area contributed by atoms with Crippen LogP contribution in [0.5, 0.6) is 0 Å². The molecule has 0 spiro atoms. The highest BCUT2D eigenvalue weighted by molar-refractivity contribution is 7.99. The number of aromatic nitrogens is 3. The lowest BCUT2D eigenvalue weighted by molar-refractivity contribution is -0.119. The molecule has 0 unspecified atom stereocenters. The minimum Gasteiger partial charge on any atom is -0.352 e. The van der Waals surface area contributed by atoms with Gasteiger partial charge < -0.3 is 15.2 Å². The van der Waals surface area contributed by atoms with Crippen molar-refractivity contribution in [2.45, 2.75) is 63.7 Å². The number of benzene rings is 1. The van der Waals surface area contributed by atoms with E-state index in [0.29, 0.717) is 28.2 Å². The molecule has 1 aromatic heterocycles. The average Bonchev–Trinajstić information content (AvgIpc) is 3.08. The summed E-state index contributed by atoms with van der Waals surface area (Å²) in [6, 6.07) is 7.44. The van der Waals surface area contributed by atoms with Gasteiger partial charge in [0.15, 0.2) is 11.0 Å². The van der Waals surface area contributed by atoms with Crippen LogP contribution in [0, 0.1) is 12.8 Å². The second kappa shape index (κ2) is 10.1. The van der Waals surface area contributed by atoms with Crippen molar-refractivity contribution < 1.29 is 9.59 Å². The molecule has 0 bridgehead atoms. The second-order valence-electron chi connectivity index (χ2n) is 8.19. The molecule has 162 valence electrons. The minimum atomic E-state index is -0.304. The summed E-state index contributed by atoms with van der Waals surface area (Å²) in [5, 5.41) is 15.2. The fourth-order valence-corrected chi connectivity index (χ4v) is 4.60. The van der Waals surface area contributed by atoms with E-state index in [2.05, 4.69) is 27.8 Å². The predicted molar refractivity (Wildman–Crippen MR) is 118 cm³/mol. The number of nitrogens with one attached hydrogen (secondary N) is 2. The van der Waals surface area contributed by atoms with Crippen LogP contribution in [0.4, 0.5) is 0 Å². The first-order valence-electron chi connectivity index (χ1n) is 10.5. The zero-order valence-corrected chi connectivity index (χ0v) is 19.0. The Bertz CT molecular complexity index is 897. The summed E-state index contributed by atoms with van der Waals surface area (Å²) in [5.41, 5.74) is 1.65. The molecule has 0 aliphatic heterocycles. The van der Waals surface area contributed by atoms with Gasteiger partial charge in [-0.15, -0.1) is 10.2 Å². The van der Waals surface area contributed by atoms with Gasteiger partial charge in [0.25, 0.3) is 5.91 Å². The van der Waals surface area contributed by atoms with Gasteiger partial charge in [0.2, 0.25) is 5.91 Å². The molecule has 1 aliphatic carbocycles. The van der Waals surface area contributed by atoms with Crippen LogP contribution in [0.25, 0.3) is 0 Å². The van der Waals surface area contributed by atoms with Crippen molar-refractivity contribution in [3.8, 4) is 0 Å². The zero-order chi connectivity index (χ0) is 21.7. The Morgan fingerprint density at radius 1 is 1.27 bits per heavy atom. The monoisotopic (exact) mass is 429 g/mol. The van der Waals surface area contributed by atoms with E-state index in [1.807, 2.05) is 43.7 Å². The van der Waals surface area contributed by atoms with Crippen LogP contribution in [-0.2, 0) is 11.8 Å². The van der Waals surface area contributed by atoms with E-state index in [4.69, 9.17) is 0 Å². The quantitative estimate of drug-likeness (QED) is 0.659. The first-order chi connectivity index (χ1) is 14.3. The van der Waals surface area contributed by atoms with Crippen LogP contribution < -0.4 is 10.6 Å². The molecule has 8 heteroatoms. The van der Waals surface area contributed by atoms with Gasteiger partial charge in [-0.1, -0.05) is 49.2 Å². The van der Waals surface area contributed by atoms with E-state index in [-0.39, 0.29) is 23.9 Å². The highest BCUT2D eigenvalue weighted by atomic mass is 32.2. The number of rotatable bonds is 7. The van der Waals surface area contributed by atoms with Gasteiger partial charge in [-0.05, 0) is 44.7 Å². The molecule has 1 fully saturated rings. The summed E-state index contributed by atoms with van der Waals surface area (Å²) in [7, 11) is 1.86. The van der Waals surface area contributed by atoms with E-state index in [1.165, 1.54) is 31.0 Å². The molecule has 3 rings (SSSR count). The smallest absolute Gasteiger partial charge is 0.251 e. The molecule has 1 heterocycles. The Morgan fingerprint density at radius 2 is 2.03 bits per heavy atom. The third-order valence-corrected chi connectivity index (χ3v) is 6.69. The highest BCUT2D eigenvalue weighted by Crippen LogP contribution is 2.24. The number of amides is 2. The van der Waals surface area contributed by atoms with Gasteiger partial charge in [-0.25, -0.2) is 0 Å². The number of aryl methyl sites for hydroxylation is 1. The Labute approximate surface area is 182 Å². The molecule has 30 heavy (non-hydrogen) atoms. The van der Waals surface area contributed by atoms with Crippen LogP contribution >= 0.6 is 11.8 Å². The fraction of sp³-hybridized carbons (Fsp3) is 0.545. The van der Waals surface area contributed by atoms with Gasteiger partial charge in [0.05, 0.1) is 11.8 Å². The van der Waals surface area contributed by atoms with Crippen LogP contribution in [-0.4, -0.2) is 38.4 Å². The summed E-state index contributed by atoms with van der Waals surface area (Å²) >= 11 is 1.37. The minimum absolute atomic E-state index is 0.0316. The van der Waals surface area contributed by atoms with Gasteiger partial charge in [-0.2, -0.15) is 0 Å². The Balaban J connectivity index is 1.54. The Kier molecular flexibility index (Phi) is 7.53. The molecule has 0 radical (unpaired) electrons. The lowest BCUT2D eigenvalue weighted by Gasteiger charge is -2.29. The van der Waals surface area contributed by atoms with Crippen molar-refractivity contribution in [3.63, 3.8) is 0 Å². The van der Waals surface area contributed by atoms with Crippen LogP contribution in [0.2, 0.25) is 0 Å². The number of thioether (sulfide) groups is 1. The number of hydrogen-bond donors (Lipinski definition) is 2. The fourth-order valence-electron chi connectivity index (χ4n) is 3.87. The molecule has 0 saturated heterocycles. The average molecular weight is 430 g/mol. The normalized spacial score (nSPS) is 19.9. The summed E-state index contributed by atoms with van der Waals surface area (Å²) < 4.78 is 1.84. The van der Waals surface area contributed by atoms with Crippen molar-refractivity contribution in [2.75, 3.05) is 5.75 Å². The van der Waals surface area contributed by atoms with Crippen molar-refractivity contribution in [1.82, 2.24) is 25.4 Å². The molecule has 1 saturated carbocycles. The van der Waals surface area contributed by atoms with E-state index in [9.17, 15) is 9.59 Å². The zero-order valence-electron chi connectivity index (χ0n) is 18.1. The number of hydrogen-bond acceptors (Lipinski definition) is 5. The number of carbonyl (C=O) groups excluding carboxylic acids is 2. The van der Waals surface area contributed by atoms with Crippen LogP contribution in [0.15, 0.2) is 29.4 Å². The van der Waals surface area contributed by atoms with Gasteiger partial charge >= 0.3 is 0 Å². The molecule has 2 aromatic rings. The van der Waals surface area contributed by atoms with E-state index in [1.54, 1.807) is 6.07 Å². The maximum atomic E-state index is 12.5. The summed E-state index contributed by atoms with van der Waals surface area (Å²) in [6.07, 6.45) is 4.67. The van der Waals surface area contributed by atoms with E-state index >= 15 is 0 Å². The number of carbonyl (C=O) groups is 2. The molecule has 2 amide bonds.